The first kappa shape index (κ1) is 18.6. The van der Waals surface area contributed by atoms with Gasteiger partial charge in [0.25, 0.3) is 0 Å². The summed E-state index contributed by atoms with van der Waals surface area (Å²) in [5, 5.41) is 1.29. The van der Waals surface area contributed by atoms with Crippen LogP contribution < -0.4 is 9.47 Å². The van der Waals surface area contributed by atoms with Gasteiger partial charge >= 0.3 is 0 Å². The number of hydrogen-bond donors (Lipinski definition) is 0. The molecule has 0 unspecified atom stereocenters. The summed E-state index contributed by atoms with van der Waals surface area (Å²) < 4.78 is 11.7. The summed E-state index contributed by atoms with van der Waals surface area (Å²) in [6, 6.07) is 18.3. The van der Waals surface area contributed by atoms with Crippen molar-refractivity contribution in [2.24, 2.45) is 0 Å². The molecule has 0 fully saturated rings. The van der Waals surface area contributed by atoms with Crippen LogP contribution in [-0.2, 0) is 6.61 Å². The topological polar surface area (TPSA) is 35.5 Å². The molecule has 1 heterocycles. The molecule has 3 aromatic carbocycles. The molecule has 0 saturated heterocycles. The highest BCUT2D eigenvalue weighted by atomic mass is 35.5. The van der Waals surface area contributed by atoms with Crippen LogP contribution in [0, 0.1) is 6.92 Å². The van der Waals surface area contributed by atoms with E-state index in [-0.39, 0.29) is 11.5 Å². The predicted octanol–water partition coefficient (Wildman–Crippen LogP) is 6.50. The van der Waals surface area contributed by atoms with Gasteiger partial charge in [0.1, 0.15) is 18.1 Å². The number of benzene rings is 3. The lowest BCUT2D eigenvalue weighted by Crippen LogP contribution is -2.00. The largest absolute Gasteiger partial charge is 0.489 e. The van der Waals surface area contributed by atoms with Gasteiger partial charge in [0.15, 0.2) is 5.76 Å². The van der Waals surface area contributed by atoms with Crippen molar-refractivity contribution < 1.29 is 14.3 Å². The minimum absolute atomic E-state index is 0.139. The van der Waals surface area contributed by atoms with E-state index in [0.717, 1.165) is 16.7 Å². The number of halogens is 2. The third-order valence-electron chi connectivity index (χ3n) is 4.46. The molecule has 0 N–H and O–H groups in total. The number of ketones is 1. The highest BCUT2D eigenvalue weighted by Gasteiger charge is 2.30. The minimum Gasteiger partial charge on any atom is -0.489 e. The zero-order valence-electron chi connectivity index (χ0n) is 15.0. The Morgan fingerprint density at radius 2 is 1.79 bits per heavy atom. The number of carbonyl (C=O) groups is 1. The fraction of sp³-hybridized carbons (Fsp3) is 0.0870. The average molecular weight is 411 g/mol. The monoisotopic (exact) mass is 410 g/mol. The van der Waals surface area contributed by atoms with Crippen molar-refractivity contribution >= 4 is 35.1 Å². The maximum absolute atomic E-state index is 12.7. The molecule has 0 radical (unpaired) electrons. The molecule has 1 aliphatic rings. The van der Waals surface area contributed by atoms with Crippen molar-refractivity contribution in [3.63, 3.8) is 0 Å². The van der Waals surface area contributed by atoms with Crippen LogP contribution in [0.3, 0.4) is 0 Å². The first-order chi connectivity index (χ1) is 13.5. The van der Waals surface area contributed by atoms with Crippen molar-refractivity contribution in [3.8, 4) is 11.5 Å². The molecule has 3 aromatic rings. The number of allylic oxidation sites excluding steroid dienone is 1. The van der Waals surface area contributed by atoms with E-state index in [2.05, 4.69) is 0 Å². The summed E-state index contributed by atoms with van der Waals surface area (Å²) >= 11 is 12.1. The second-order valence-corrected chi connectivity index (χ2v) is 7.33. The average Bonchev–Trinajstić information content (AvgIpc) is 2.99. The van der Waals surface area contributed by atoms with Gasteiger partial charge in [-0.15, -0.1) is 0 Å². The lowest BCUT2D eigenvalue weighted by molar-refractivity contribution is 0.101. The SMILES string of the molecule is Cc1cc(OCc2ccccc2Cl)cc2c1C(=O)/C(=C/c1ccc(Cl)cc1)O2. The van der Waals surface area contributed by atoms with E-state index in [1.54, 1.807) is 24.3 Å². The van der Waals surface area contributed by atoms with Crippen molar-refractivity contribution in [1.82, 2.24) is 0 Å². The number of hydrogen-bond acceptors (Lipinski definition) is 3. The summed E-state index contributed by atoms with van der Waals surface area (Å²) in [6.45, 7) is 2.20. The second kappa shape index (κ2) is 7.70. The van der Waals surface area contributed by atoms with Crippen LogP contribution in [0.1, 0.15) is 27.0 Å². The first-order valence-corrected chi connectivity index (χ1v) is 9.47. The van der Waals surface area contributed by atoms with Gasteiger partial charge in [0.05, 0.1) is 5.56 Å². The van der Waals surface area contributed by atoms with Gasteiger partial charge in [-0.3, -0.25) is 4.79 Å². The molecular formula is C23H16Cl2O3. The van der Waals surface area contributed by atoms with Crippen LogP contribution >= 0.6 is 23.2 Å². The quantitative estimate of drug-likeness (QED) is 0.460. The first-order valence-electron chi connectivity index (χ1n) is 8.72. The van der Waals surface area contributed by atoms with Crippen molar-refractivity contribution in [2.75, 3.05) is 0 Å². The van der Waals surface area contributed by atoms with E-state index < -0.39 is 0 Å². The maximum Gasteiger partial charge on any atom is 0.232 e. The van der Waals surface area contributed by atoms with E-state index in [4.69, 9.17) is 32.7 Å². The fourth-order valence-electron chi connectivity index (χ4n) is 3.05. The van der Waals surface area contributed by atoms with Crippen molar-refractivity contribution in [3.05, 3.63) is 98.7 Å². The molecular weight excluding hydrogens is 395 g/mol. The van der Waals surface area contributed by atoms with E-state index in [1.807, 2.05) is 49.4 Å². The molecule has 0 amide bonds. The van der Waals surface area contributed by atoms with Crippen molar-refractivity contribution in [2.45, 2.75) is 13.5 Å². The fourth-order valence-corrected chi connectivity index (χ4v) is 3.36. The molecule has 4 rings (SSSR count). The second-order valence-electron chi connectivity index (χ2n) is 6.48. The molecule has 0 aliphatic carbocycles. The Labute approximate surface area is 173 Å². The number of fused-ring (bicyclic) bond motifs is 1. The molecule has 3 nitrogen and oxygen atoms in total. The Bertz CT molecular complexity index is 1090. The normalized spacial score (nSPS) is 14.1. The summed E-state index contributed by atoms with van der Waals surface area (Å²) in [7, 11) is 0. The molecule has 0 bridgehead atoms. The number of aryl methyl sites for hydroxylation is 1. The molecule has 140 valence electrons. The van der Waals surface area contributed by atoms with Gasteiger partial charge in [0, 0.05) is 21.7 Å². The Morgan fingerprint density at radius 3 is 2.54 bits per heavy atom. The number of carbonyl (C=O) groups excluding carboxylic acids is 1. The van der Waals surface area contributed by atoms with E-state index >= 15 is 0 Å². The minimum atomic E-state index is -0.139. The Balaban J connectivity index is 1.57. The lowest BCUT2D eigenvalue weighted by Gasteiger charge is -2.10. The van der Waals surface area contributed by atoms with Crippen LogP contribution in [0.2, 0.25) is 10.0 Å². The highest BCUT2D eigenvalue weighted by Crippen LogP contribution is 2.38. The molecule has 0 aromatic heterocycles. The molecule has 1 aliphatic heterocycles. The van der Waals surface area contributed by atoms with Crippen LogP contribution in [0.25, 0.3) is 6.08 Å². The standard InChI is InChI=1S/C23H16Cl2O3/c1-14-10-18(27-13-16-4-2-3-5-19(16)25)12-20-22(14)23(26)21(28-20)11-15-6-8-17(24)9-7-15/h2-12H,13H2,1H3/b21-11-. The maximum atomic E-state index is 12.7. The Morgan fingerprint density at radius 1 is 1.04 bits per heavy atom. The third-order valence-corrected chi connectivity index (χ3v) is 5.08. The van der Waals surface area contributed by atoms with E-state index in [9.17, 15) is 4.79 Å². The van der Waals surface area contributed by atoms with E-state index in [1.165, 1.54) is 0 Å². The lowest BCUT2D eigenvalue weighted by atomic mass is 10.0. The zero-order valence-corrected chi connectivity index (χ0v) is 16.6. The predicted molar refractivity (Wildman–Crippen MR) is 111 cm³/mol. The highest BCUT2D eigenvalue weighted by molar-refractivity contribution is 6.31. The van der Waals surface area contributed by atoms with Gasteiger partial charge in [-0.2, -0.15) is 0 Å². The zero-order chi connectivity index (χ0) is 19.7. The molecule has 0 atom stereocenters. The number of ether oxygens (including phenoxy) is 2. The third kappa shape index (κ3) is 3.77. The smallest absolute Gasteiger partial charge is 0.232 e. The summed E-state index contributed by atoms with van der Waals surface area (Å²) in [5.41, 5.74) is 3.09. The van der Waals surface area contributed by atoms with Gasteiger partial charge in [-0.25, -0.2) is 0 Å². The molecule has 5 heteroatoms. The number of rotatable bonds is 4. The van der Waals surface area contributed by atoms with Crippen LogP contribution in [0.15, 0.2) is 66.4 Å². The van der Waals surface area contributed by atoms with Gasteiger partial charge in [-0.1, -0.05) is 53.5 Å². The Hall–Kier alpha value is -2.75. The van der Waals surface area contributed by atoms with Crippen LogP contribution in [0.5, 0.6) is 11.5 Å². The van der Waals surface area contributed by atoms with Gasteiger partial charge in [-0.05, 0) is 48.4 Å². The summed E-state index contributed by atoms with van der Waals surface area (Å²) in [5.74, 6) is 1.26. The molecule has 0 saturated carbocycles. The van der Waals surface area contributed by atoms with Gasteiger partial charge in [0.2, 0.25) is 5.78 Å². The van der Waals surface area contributed by atoms with Crippen molar-refractivity contribution in [1.29, 1.82) is 0 Å². The van der Waals surface area contributed by atoms with Crippen LogP contribution in [-0.4, -0.2) is 5.78 Å². The molecule has 28 heavy (non-hydrogen) atoms. The number of Topliss-reactive ketones (excluding diaryl/α,β-unsaturated/α-hetero) is 1. The summed E-state index contributed by atoms with van der Waals surface area (Å²) in [4.78, 5) is 12.7. The van der Waals surface area contributed by atoms with Gasteiger partial charge < -0.3 is 9.47 Å². The molecule has 0 spiro atoms. The summed E-state index contributed by atoms with van der Waals surface area (Å²) in [6.07, 6.45) is 1.71. The van der Waals surface area contributed by atoms with E-state index in [0.29, 0.717) is 33.7 Å². The van der Waals surface area contributed by atoms with Crippen LogP contribution in [0.4, 0.5) is 0 Å². The Kier molecular flexibility index (Phi) is 5.12.